The number of nitrogens with two attached hydrogens (primary N) is 1. The number of aromatic nitrogens is 1. The summed E-state index contributed by atoms with van der Waals surface area (Å²) in [5.41, 5.74) is 6.02. The first-order valence-electron chi connectivity index (χ1n) is 7.85. The minimum absolute atomic E-state index is 0.0277. The van der Waals surface area contributed by atoms with Gasteiger partial charge >= 0.3 is 0 Å². The highest BCUT2D eigenvalue weighted by molar-refractivity contribution is 5.06. The van der Waals surface area contributed by atoms with Crippen LogP contribution in [0.2, 0.25) is 0 Å². The molecule has 114 valence electrons. The summed E-state index contributed by atoms with van der Waals surface area (Å²) in [7, 11) is 0. The van der Waals surface area contributed by atoms with Crippen LogP contribution < -0.4 is 5.73 Å². The molecular weight excluding hydrogens is 250 g/mol. The summed E-state index contributed by atoms with van der Waals surface area (Å²) in [6.07, 6.45) is 6.55. The fourth-order valence-corrected chi connectivity index (χ4v) is 2.87. The molecule has 2 rings (SSSR count). The number of oxazole rings is 1. The molecule has 0 saturated heterocycles. The van der Waals surface area contributed by atoms with Gasteiger partial charge in [-0.25, -0.2) is 4.98 Å². The molecule has 1 aromatic heterocycles. The third-order valence-electron chi connectivity index (χ3n) is 4.30. The summed E-state index contributed by atoms with van der Waals surface area (Å²) in [5, 5.41) is 0. The Bertz CT molecular complexity index is 414. The molecule has 0 atom stereocenters. The maximum absolute atomic E-state index is 5.99. The Kier molecular flexibility index (Phi) is 4.86. The summed E-state index contributed by atoms with van der Waals surface area (Å²) in [5.74, 6) is 1.81. The molecule has 4 heteroatoms. The van der Waals surface area contributed by atoms with E-state index < -0.39 is 0 Å². The van der Waals surface area contributed by atoms with Crippen molar-refractivity contribution in [2.24, 2.45) is 5.73 Å². The van der Waals surface area contributed by atoms with Crippen LogP contribution in [0, 0.1) is 0 Å². The summed E-state index contributed by atoms with van der Waals surface area (Å²) in [4.78, 5) is 6.92. The van der Waals surface area contributed by atoms with E-state index in [0.717, 1.165) is 37.6 Å². The Hall–Kier alpha value is -0.870. The molecule has 1 heterocycles. The van der Waals surface area contributed by atoms with Gasteiger partial charge in [0.05, 0.1) is 12.7 Å². The molecule has 0 amide bonds. The molecule has 0 unspecified atom stereocenters. The monoisotopic (exact) mass is 279 g/mol. The maximum Gasteiger partial charge on any atom is 0.208 e. The van der Waals surface area contributed by atoms with Gasteiger partial charge < -0.3 is 10.2 Å². The van der Waals surface area contributed by atoms with Gasteiger partial charge in [0.15, 0.2) is 0 Å². The molecule has 2 N–H and O–H groups in total. The molecule has 0 aromatic carbocycles. The van der Waals surface area contributed by atoms with E-state index in [1.165, 1.54) is 12.8 Å². The van der Waals surface area contributed by atoms with Crippen molar-refractivity contribution in [3.63, 3.8) is 0 Å². The highest BCUT2D eigenvalue weighted by Crippen LogP contribution is 2.26. The second kappa shape index (κ2) is 6.27. The minimum atomic E-state index is 0.0277. The Balaban J connectivity index is 1.98. The molecule has 20 heavy (non-hydrogen) atoms. The molecule has 1 aliphatic carbocycles. The van der Waals surface area contributed by atoms with Crippen LogP contribution in [0.25, 0.3) is 0 Å². The molecule has 1 aliphatic rings. The van der Waals surface area contributed by atoms with Crippen LogP contribution in [-0.4, -0.2) is 28.5 Å². The standard InChI is InChI=1S/C16H29N3O/c1-5-19(13-8-6-12(17)7-9-13)11-15-18-10-14(20-15)16(2,3)4/h10,12-13H,5-9,11,17H2,1-4H3. The predicted molar refractivity (Wildman–Crippen MR) is 81.5 cm³/mol. The molecule has 0 aliphatic heterocycles. The Labute approximate surface area is 122 Å². The molecule has 0 bridgehead atoms. The molecule has 1 fully saturated rings. The highest BCUT2D eigenvalue weighted by atomic mass is 16.4. The third kappa shape index (κ3) is 3.83. The van der Waals surface area contributed by atoms with Crippen LogP contribution in [0.4, 0.5) is 0 Å². The van der Waals surface area contributed by atoms with Gasteiger partial charge in [-0.1, -0.05) is 27.7 Å². The van der Waals surface area contributed by atoms with E-state index in [2.05, 4.69) is 37.6 Å². The molecule has 4 nitrogen and oxygen atoms in total. The van der Waals surface area contributed by atoms with Gasteiger partial charge in [-0.05, 0) is 32.2 Å². The van der Waals surface area contributed by atoms with Crippen LogP contribution >= 0.6 is 0 Å². The topological polar surface area (TPSA) is 55.3 Å². The van der Waals surface area contributed by atoms with Crippen molar-refractivity contribution in [1.29, 1.82) is 0 Å². The van der Waals surface area contributed by atoms with Gasteiger partial charge in [0.2, 0.25) is 5.89 Å². The first-order chi connectivity index (χ1) is 9.40. The van der Waals surface area contributed by atoms with Gasteiger partial charge in [-0.15, -0.1) is 0 Å². The van der Waals surface area contributed by atoms with E-state index in [0.29, 0.717) is 12.1 Å². The summed E-state index contributed by atoms with van der Waals surface area (Å²) in [6.45, 7) is 10.5. The first kappa shape index (κ1) is 15.5. The Morgan fingerprint density at radius 3 is 2.45 bits per heavy atom. The summed E-state index contributed by atoms with van der Waals surface area (Å²) >= 11 is 0. The van der Waals surface area contributed by atoms with E-state index in [1.54, 1.807) is 0 Å². The van der Waals surface area contributed by atoms with Crippen LogP contribution in [-0.2, 0) is 12.0 Å². The van der Waals surface area contributed by atoms with Gasteiger partial charge in [-0.2, -0.15) is 0 Å². The number of hydrogen-bond donors (Lipinski definition) is 1. The zero-order valence-corrected chi connectivity index (χ0v) is 13.4. The zero-order chi connectivity index (χ0) is 14.8. The fraction of sp³-hybridized carbons (Fsp3) is 0.812. The zero-order valence-electron chi connectivity index (χ0n) is 13.4. The Morgan fingerprint density at radius 2 is 1.95 bits per heavy atom. The van der Waals surface area contributed by atoms with Gasteiger partial charge in [0, 0.05) is 17.5 Å². The van der Waals surface area contributed by atoms with Crippen molar-refractivity contribution in [3.05, 3.63) is 17.8 Å². The van der Waals surface area contributed by atoms with Crippen molar-refractivity contribution in [3.8, 4) is 0 Å². The lowest BCUT2D eigenvalue weighted by Crippen LogP contribution is -2.40. The van der Waals surface area contributed by atoms with Gasteiger partial charge in [-0.3, -0.25) is 4.90 Å². The normalized spacial score (nSPS) is 24.3. The van der Waals surface area contributed by atoms with Crippen molar-refractivity contribution < 1.29 is 4.42 Å². The third-order valence-corrected chi connectivity index (χ3v) is 4.30. The minimum Gasteiger partial charge on any atom is -0.444 e. The van der Waals surface area contributed by atoms with Crippen LogP contribution in [0.1, 0.15) is 65.0 Å². The average molecular weight is 279 g/mol. The largest absolute Gasteiger partial charge is 0.444 e. The lowest BCUT2D eigenvalue weighted by atomic mass is 9.91. The number of rotatable bonds is 4. The lowest BCUT2D eigenvalue weighted by Gasteiger charge is -2.34. The highest BCUT2D eigenvalue weighted by Gasteiger charge is 2.25. The maximum atomic E-state index is 5.99. The van der Waals surface area contributed by atoms with Crippen LogP contribution in [0.3, 0.4) is 0 Å². The predicted octanol–water partition coefficient (Wildman–Crippen LogP) is 3.06. The second-order valence-electron chi connectivity index (χ2n) is 7.00. The number of nitrogens with zero attached hydrogens (tertiary/aromatic N) is 2. The summed E-state index contributed by atoms with van der Waals surface area (Å²) in [6, 6.07) is 1.03. The van der Waals surface area contributed by atoms with Crippen molar-refractivity contribution in [2.45, 2.75) is 77.4 Å². The van der Waals surface area contributed by atoms with Crippen molar-refractivity contribution in [1.82, 2.24) is 9.88 Å². The molecule has 0 radical (unpaired) electrons. The van der Waals surface area contributed by atoms with E-state index >= 15 is 0 Å². The van der Waals surface area contributed by atoms with Gasteiger partial charge in [0.25, 0.3) is 0 Å². The average Bonchev–Trinajstić information content (AvgIpc) is 2.85. The SMILES string of the molecule is CCN(Cc1ncc(C(C)(C)C)o1)C1CCC(N)CC1. The smallest absolute Gasteiger partial charge is 0.208 e. The van der Waals surface area contributed by atoms with Crippen LogP contribution in [0.5, 0.6) is 0 Å². The first-order valence-corrected chi connectivity index (χ1v) is 7.85. The fourth-order valence-electron chi connectivity index (χ4n) is 2.87. The van der Waals surface area contributed by atoms with E-state index in [4.69, 9.17) is 10.2 Å². The number of hydrogen-bond acceptors (Lipinski definition) is 4. The van der Waals surface area contributed by atoms with E-state index in [-0.39, 0.29) is 5.41 Å². The van der Waals surface area contributed by atoms with Crippen molar-refractivity contribution in [2.75, 3.05) is 6.54 Å². The quantitative estimate of drug-likeness (QED) is 0.920. The summed E-state index contributed by atoms with van der Waals surface area (Å²) < 4.78 is 5.91. The van der Waals surface area contributed by atoms with Crippen LogP contribution in [0.15, 0.2) is 10.6 Å². The van der Waals surface area contributed by atoms with E-state index in [1.807, 2.05) is 6.20 Å². The lowest BCUT2D eigenvalue weighted by molar-refractivity contribution is 0.135. The molecule has 0 spiro atoms. The van der Waals surface area contributed by atoms with E-state index in [9.17, 15) is 0 Å². The van der Waals surface area contributed by atoms with Crippen molar-refractivity contribution >= 4 is 0 Å². The Morgan fingerprint density at radius 1 is 1.30 bits per heavy atom. The van der Waals surface area contributed by atoms with Gasteiger partial charge in [0.1, 0.15) is 5.76 Å². The second-order valence-corrected chi connectivity index (χ2v) is 7.00. The molecule has 1 saturated carbocycles. The molecular formula is C16H29N3O. The molecule has 1 aromatic rings.